The molecule has 0 aromatic carbocycles. The minimum absolute atomic E-state index is 0.0110. The van der Waals surface area contributed by atoms with Gasteiger partial charge in [0, 0.05) is 19.0 Å². The quantitative estimate of drug-likeness (QED) is 0.791. The van der Waals surface area contributed by atoms with Gasteiger partial charge in [0.1, 0.15) is 5.78 Å². The second-order valence-corrected chi connectivity index (χ2v) is 6.09. The maximum Gasteiger partial charge on any atom is 0.224 e. The summed E-state index contributed by atoms with van der Waals surface area (Å²) in [6.07, 6.45) is 3.34. The number of fused-ring (bicyclic) bond motifs is 2. The van der Waals surface area contributed by atoms with Gasteiger partial charge in [0.05, 0.1) is 5.92 Å². The zero-order valence-electron chi connectivity index (χ0n) is 11.6. The van der Waals surface area contributed by atoms with Gasteiger partial charge in [0.25, 0.3) is 0 Å². The first-order valence-corrected chi connectivity index (χ1v) is 6.93. The van der Waals surface area contributed by atoms with Gasteiger partial charge in [-0.2, -0.15) is 0 Å². The van der Waals surface area contributed by atoms with Gasteiger partial charge in [0.15, 0.2) is 0 Å². The molecule has 0 aromatic rings. The van der Waals surface area contributed by atoms with Gasteiger partial charge in [-0.25, -0.2) is 0 Å². The molecular weight excluding hydrogens is 228 g/mol. The van der Waals surface area contributed by atoms with Crippen LogP contribution in [0.5, 0.6) is 0 Å². The van der Waals surface area contributed by atoms with E-state index in [0.29, 0.717) is 18.4 Å². The first-order valence-electron chi connectivity index (χ1n) is 6.93. The van der Waals surface area contributed by atoms with Crippen molar-refractivity contribution in [1.29, 1.82) is 0 Å². The summed E-state index contributed by atoms with van der Waals surface area (Å²) in [5.74, 6) is 1.16. The molecule has 2 aliphatic rings. The van der Waals surface area contributed by atoms with Crippen LogP contribution in [-0.2, 0) is 9.59 Å². The van der Waals surface area contributed by atoms with E-state index in [0.717, 1.165) is 25.8 Å². The van der Waals surface area contributed by atoms with Crippen molar-refractivity contribution in [2.75, 3.05) is 27.2 Å². The molecule has 0 aromatic heterocycles. The highest BCUT2D eigenvalue weighted by atomic mass is 16.2. The fourth-order valence-electron chi connectivity index (χ4n) is 3.77. The van der Waals surface area contributed by atoms with Crippen LogP contribution in [0.1, 0.15) is 26.2 Å². The number of hydrogen-bond donors (Lipinski definition) is 1. The molecule has 2 fully saturated rings. The van der Waals surface area contributed by atoms with Gasteiger partial charge >= 0.3 is 0 Å². The average Bonchev–Trinajstić information content (AvgIpc) is 2.87. The highest BCUT2D eigenvalue weighted by Gasteiger charge is 2.52. The molecule has 2 aliphatic carbocycles. The third-order valence-electron chi connectivity index (χ3n) is 4.55. The molecule has 102 valence electrons. The number of ketones is 1. The van der Waals surface area contributed by atoms with Crippen LogP contribution in [0.2, 0.25) is 0 Å². The van der Waals surface area contributed by atoms with Crippen LogP contribution in [0.4, 0.5) is 0 Å². The number of carbonyl (C=O) groups is 2. The van der Waals surface area contributed by atoms with Crippen LogP contribution < -0.4 is 5.32 Å². The molecule has 0 spiro atoms. The Kier molecular flexibility index (Phi) is 4.05. The van der Waals surface area contributed by atoms with E-state index in [1.165, 1.54) is 0 Å². The number of carbonyl (C=O) groups excluding carboxylic acids is 2. The first kappa shape index (κ1) is 13.5. The number of nitrogens with one attached hydrogen (secondary N) is 1. The normalized spacial score (nSPS) is 34.0. The molecule has 0 saturated heterocycles. The van der Waals surface area contributed by atoms with E-state index in [1.54, 1.807) is 6.92 Å². The van der Waals surface area contributed by atoms with Crippen molar-refractivity contribution in [3.63, 3.8) is 0 Å². The SMILES string of the molecule is CC(=O)[C@@H]1C2CCC(C2)[C@@H]1C(=O)NCCN(C)C. The van der Waals surface area contributed by atoms with Crippen LogP contribution in [-0.4, -0.2) is 43.8 Å². The largest absolute Gasteiger partial charge is 0.355 e. The van der Waals surface area contributed by atoms with Crippen LogP contribution in [0.15, 0.2) is 0 Å². The molecule has 0 aliphatic heterocycles. The molecule has 2 rings (SSSR count). The van der Waals surface area contributed by atoms with Crippen molar-refractivity contribution < 1.29 is 9.59 Å². The fourth-order valence-corrected chi connectivity index (χ4v) is 3.77. The third kappa shape index (κ3) is 2.58. The Hall–Kier alpha value is -0.900. The number of rotatable bonds is 5. The number of Topliss-reactive ketones (excluding diaryl/α,β-unsaturated/α-hetero) is 1. The molecular formula is C14H24N2O2. The monoisotopic (exact) mass is 252 g/mol. The van der Waals surface area contributed by atoms with Gasteiger partial charge in [-0.05, 0) is 52.1 Å². The lowest BCUT2D eigenvalue weighted by molar-refractivity contribution is -0.134. The summed E-state index contributed by atoms with van der Waals surface area (Å²) in [6.45, 7) is 3.16. The van der Waals surface area contributed by atoms with Crippen LogP contribution >= 0.6 is 0 Å². The lowest BCUT2D eigenvalue weighted by Crippen LogP contribution is -2.42. The van der Waals surface area contributed by atoms with Gasteiger partial charge in [-0.1, -0.05) is 0 Å². The minimum atomic E-state index is -0.0524. The Morgan fingerprint density at radius 2 is 1.78 bits per heavy atom. The van der Waals surface area contributed by atoms with Crippen molar-refractivity contribution in [2.45, 2.75) is 26.2 Å². The molecule has 2 unspecified atom stereocenters. The summed E-state index contributed by atoms with van der Waals surface area (Å²) < 4.78 is 0. The zero-order valence-corrected chi connectivity index (χ0v) is 11.6. The smallest absolute Gasteiger partial charge is 0.224 e. The molecule has 2 bridgehead atoms. The minimum Gasteiger partial charge on any atom is -0.355 e. The number of amides is 1. The third-order valence-corrected chi connectivity index (χ3v) is 4.55. The summed E-state index contributed by atoms with van der Waals surface area (Å²) in [4.78, 5) is 26.0. The zero-order chi connectivity index (χ0) is 13.3. The van der Waals surface area contributed by atoms with E-state index in [-0.39, 0.29) is 23.5 Å². The van der Waals surface area contributed by atoms with E-state index >= 15 is 0 Å². The molecule has 0 radical (unpaired) electrons. The number of nitrogens with zero attached hydrogens (tertiary/aromatic N) is 1. The number of likely N-dealkylation sites (N-methyl/N-ethyl adjacent to an activating group) is 1. The van der Waals surface area contributed by atoms with Crippen LogP contribution in [0.3, 0.4) is 0 Å². The summed E-state index contributed by atoms with van der Waals surface area (Å²) in [7, 11) is 3.98. The molecule has 4 atom stereocenters. The topological polar surface area (TPSA) is 49.4 Å². The van der Waals surface area contributed by atoms with E-state index in [9.17, 15) is 9.59 Å². The molecule has 0 heterocycles. The molecule has 4 nitrogen and oxygen atoms in total. The van der Waals surface area contributed by atoms with E-state index < -0.39 is 0 Å². The summed E-state index contributed by atoms with van der Waals surface area (Å²) in [5.41, 5.74) is 0. The first-order chi connectivity index (χ1) is 8.50. The Morgan fingerprint density at radius 1 is 1.17 bits per heavy atom. The van der Waals surface area contributed by atoms with Gasteiger partial charge in [-0.15, -0.1) is 0 Å². The van der Waals surface area contributed by atoms with Crippen molar-refractivity contribution in [3.05, 3.63) is 0 Å². The highest BCUT2D eigenvalue weighted by molar-refractivity contribution is 5.89. The summed E-state index contributed by atoms with van der Waals surface area (Å²) in [5, 5.41) is 2.99. The van der Waals surface area contributed by atoms with Crippen molar-refractivity contribution in [1.82, 2.24) is 10.2 Å². The summed E-state index contributed by atoms with van der Waals surface area (Å²) >= 11 is 0. The highest BCUT2D eigenvalue weighted by Crippen LogP contribution is 2.52. The maximum absolute atomic E-state index is 12.2. The van der Waals surface area contributed by atoms with Gasteiger partial charge < -0.3 is 10.2 Å². The van der Waals surface area contributed by atoms with E-state index in [2.05, 4.69) is 5.32 Å². The van der Waals surface area contributed by atoms with Crippen LogP contribution in [0, 0.1) is 23.7 Å². The number of hydrogen-bond acceptors (Lipinski definition) is 3. The predicted octanol–water partition coefficient (Wildman–Crippen LogP) is 0.916. The molecule has 4 heteroatoms. The van der Waals surface area contributed by atoms with Crippen LogP contribution in [0.25, 0.3) is 0 Å². The van der Waals surface area contributed by atoms with E-state index in [1.807, 2.05) is 19.0 Å². The Balaban J connectivity index is 1.94. The molecule has 18 heavy (non-hydrogen) atoms. The lowest BCUT2D eigenvalue weighted by Gasteiger charge is -2.28. The fraction of sp³-hybridized carbons (Fsp3) is 0.857. The average molecular weight is 252 g/mol. The Morgan fingerprint density at radius 3 is 2.33 bits per heavy atom. The predicted molar refractivity (Wildman–Crippen MR) is 70.1 cm³/mol. The summed E-state index contributed by atoms with van der Waals surface area (Å²) in [6, 6.07) is 0. The van der Waals surface area contributed by atoms with Crippen molar-refractivity contribution in [3.8, 4) is 0 Å². The molecule has 1 N–H and O–H groups in total. The van der Waals surface area contributed by atoms with Crippen molar-refractivity contribution in [2.24, 2.45) is 23.7 Å². The maximum atomic E-state index is 12.2. The van der Waals surface area contributed by atoms with E-state index in [4.69, 9.17) is 0 Å². The molecule has 1 amide bonds. The Labute approximate surface area is 109 Å². The lowest BCUT2D eigenvalue weighted by atomic mass is 9.77. The van der Waals surface area contributed by atoms with Gasteiger partial charge in [0.2, 0.25) is 5.91 Å². The Bertz CT molecular complexity index is 341. The molecule has 2 saturated carbocycles. The van der Waals surface area contributed by atoms with Crippen molar-refractivity contribution >= 4 is 11.7 Å². The second-order valence-electron chi connectivity index (χ2n) is 6.09. The second kappa shape index (κ2) is 5.39. The standard InChI is InChI=1S/C14H24N2O2/c1-9(17)12-10-4-5-11(8-10)13(12)14(18)15-6-7-16(2)3/h10-13H,4-8H2,1-3H3,(H,15,18)/t10?,11?,12-,13+/m1/s1. The van der Waals surface area contributed by atoms with Gasteiger partial charge in [-0.3, -0.25) is 9.59 Å².